The van der Waals surface area contributed by atoms with Gasteiger partial charge in [-0.3, -0.25) is 4.79 Å². The number of benzene rings is 2. The van der Waals surface area contributed by atoms with Crippen LogP contribution in [0.5, 0.6) is 0 Å². The zero-order valence-corrected chi connectivity index (χ0v) is 17.1. The van der Waals surface area contributed by atoms with Crippen molar-refractivity contribution in [3.63, 3.8) is 0 Å². The largest absolute Gasteiger partial charge is 0.331 e. The monoisotopic (exact) mass is 397 g/mol. The van der Waals surface area contributed by atoms with Crippen molar-refractivity contribution in [3.8, 4) is 0 Å². The van der Waals surface area contributed by atoms with Crippen molar-refractivity contribution in [2.75, 3.05) is 39.3 Å². The number of hydrogen-bond acceptors (Lipinski definition) is 1. The van der Waals surface area contributed by atoms with E-state index in [0.717, 1.165) is 65.2 Å². The van der Waals surface area contributed by atoms with E-state index in [4.69, 9.17) is 0 Å². The summed E-state index contributed by atoms with van der Waals surface area (Å²) in [5, 5.41) is 0. The van der Waals surface area contributed by atoms with E-state index in [9.17, 15) is 9.18 Å². The molecule has 5 heteroatoms. The Morgan fingerprint density at radius 2 is 1.38 bits per heavy atom. The molecule has 2 aromatic rings. The molecule has 2 aliphatic heterocycles. The first-order valence-corrected chi connectivity index (χ1v) is 10.9. The van der Waals surface area contributed by atoms with E-state index in [1.165, 1.54) is 28.2 Å². The number of carbonyl (C=O) groups excluding carboxylic acids is 1. The van der Waals surface area contributed by atoms with E-state index in [2.05, 4.69) is 35.2 Å². The van der Waals surface area contributed by atoms with Crippen molar-refractivity contribution in [3.05, 3.63) is 71.5 Å². The number of amides is 1. The second kappa shape index (κ2) is 9.51. The summed E-state index contributed by atoms with van der Waals surface area (Å²) in [5.41, 5.74) is 2.54. The molecule has 4 nitrogen and oxygen atoms in total. The van der Waals surface area contributed by atoms with Crippen LogP contribution in [0.4, 0.5) is 4.39 Å². The molecule has 2 N–H and O–H groups in total. The van der Waals surface area contributed by atoms with Gasteiger partial charge in [-0.1, -0.05) is 42.5 Å². The highest BCUT2D eigenvalue weighted by atomic mass is 19.1. The van der Waals surface area contributed by atoms with Gasteiger partial charge in [-0.2, -0.15) is 0 Å². The van der Waals surface area contributed by atoms with Crippen LogP contribution >= 0.6 is 0 Å². The van der Waals surface area contributed by atoms with Crippen LogP contribution in [0, 0.1) is 11.7 Å². The molecular formula is C24H32FN3O+2. The molecule has 2 aromatic carbocycles. The molecule has 0 radical (unpaired) electrons. The molecule has 2 aliphatic rings. The molecule has 4 rings (SSSR count). The first kappa shape index (κ1) is 20.0. The van der Waals surface area contributed by atoms with Crippen LogP contribution in [0.15, 0.2) is 54.6 Å². The number of piperazine rings is 1. The van der Waals surface area contributed by atoms with E-state index in [0.29, 0.717) is 5.91 Å². The fraction of sp³-hybridized carbons (Fsp3) is 0.458. The van der Waals surface area contributed by atoms with Crippen LogP contribution in [0.1, 0.15) is 24.0 Å². The lowest BCUT2D eigenvalue weighted by Gasteiger charge is -2.36. The summed E-state index contributed by atoms with van der Waals surface area (Å²) >= 11 is 0. The van der Waals surface area contributed by atoms with Crippen molar-refractivity contribution in [1.82, 2.24) is 4.90 Å². The Morgan fingerprint density at radius 1 is 0.828 bits per heavy atom. The van der Waals surface area contributed by atoms with Gasteiger partial charge in [0, 0.05) is 29.9 Å². The highest BCUT2D eigenvalue weighted by molar-refractivity contribution is 5.79. The molecule has 0 saturated carbocycles. The van der Waals surface area contributed by atoms with Crippen LogP contribution in [0.25, 0.3) is 0 Å². The predicted molar refractivity (Wildman–Crippen MR) is 111 cm³/mol. The van der Waals surface area contributed by atoms with Gasteiger partial charge in [0.15, 0.2) is 0 Å². The van der Waals surface area contributed by atoms with Crippen LogP contribution in [0.2, 0.25) is 0 Å². The van der Waals surface area contributed by atoms with Crippen LogP contribution in [-0.4, -0.2) is 50.1 Å². The Bertz CT molecular complexity index is 780. The Balaban J connectivity index is 1.20. The summed E-state index contributed by atoms with van der Waals surface area (Å²) in [5.74, 6) is 0.367. The topological polar surface area (TPSA) is 29.2 Å². The second-order valence-electron chi connectivity index (χ2n) is 8.57. The molecule has 0 unspecified atom stereocenters. The molecule has 0 aromatic heterocycles. The molecule has 0 atom stereocenters. The summed E-state index contributed by atoms with van der Waals surface area (Å²) in [6, 6.07) is 17.4. The number of halogens is 1. The van der Waals surface area contributed by atoms with Gasteiger partial charge in [-0.15, -0.1) is 0 Å². The minimum Gasteiger partial charge on any atom is -0.331 e. The van der Waals surface area contributed by atoms with Gasteiger partial charge in [0.05, 0.1) is 39.3 Å². The molecule has 2 heterocycles. The summed E-state index contributed by atoms with van der Waals surface area (Å²) in [6.45, 7) is 7.84. The highest BCUT2D eigenvalue weighted by Gasteiger charge is 2.32. The number of nitrogens with one attached hydrogen (secondary N) is 2. The van der Waals surface area contributed by atoms with E-state index < -0.39 is 0 Å². The molecule has 154 valence electrons. The smallest absolute Gasteiger partial charge is 0.226 e. The van der Waals surface area contributed by atoms with Crippen LogP contribution < -0.4 is 9.80 Å². The molecule has 0 aliphatic carbocycles. The standard InChI is InChI=1S/C24H30FN3O/c25-23-8-6-21(7-9-23)19-26-12-10-22(11-13-26)24(29)28-16-14-27(15-17-28)18-20-4-2-1-3-5-20/h1-9,22H,10-19H2/p+2. The fourth-order valence-corrected chi connectivity index (χ4v) is 4.70. The van der Waals surface area contributed by atoms with Gasteiger partial charge >= 0.3 is 0 Å². The number of nitrogens with zero attached hydrogens (tertiary/aromatic N) is 1. The average molecular weight is 398 g/mol. The number of piperidine rings is 1. The summed E-state index contributed by atoms with van der Waals surface area (Å²) in [4.78, 5) is 18.2. The van der Waals surface area contributed by atoms with E-state index in [1.54, 1.807) is 4.90 Å². The highest BCUT2D eigenvalue weighted by Crippen LogP contribution is 2.14. The number of quaternary nitrogens is 2. The summed E-state index contributed by atoms with van der Waals surface area (Å²) in [6.07, 6.45) is 1.93. The Labute approximate surface area is 172 Å². The van der Waals surface area contributed by atoms with Crippen molar-refractivity contribution >= 4 is 5.91 Å². The molecular weight excluding hydrogens is 365 g/mol. The average Bonchev–Trinajstić information content (AvgIpc) is 2.77. The van der Waals surface area contributed by atoms with Crippen molar-refractivity contribution < 1.29 is 19.0 Å². The first-order chi connectivity index (χ1) is 14.2. The van der Waals surface area contributed by atoms with Crippen LogP contribution in [-0.2, 0) is 17.9 Å². The van der Waals surface area contributed by atoms with Crippen molar-refractivity contribution in [1.29, 1.82) is 0 Å². The minimum absolute atomic E-state index is 0.182. The number of hydrogen-bond donors (Lipinski definition) is 2. The SMILES string of the molecule is O=C(C1CC[NH+](Cc2ccc(F)cc2)CC1)N1CC[NH+](Cc2ccccc2)CC1. The Hall–Kier alpha value is -2.24. The maximum Gasteiger partial charge on any atom is 0.226 e. The summed E-state index contributed by atoms with van der Waals surface area (Å²) in [7, 11) is 0. The second-order valence-corrected chi connectivity index (χ2v) is 8.57. The fourth-order valence-electron chi connectivity index (χ4n) is 4.70. The number of rotatable bonds is 5. The van der Waals surface area contributed by atoms with Gasteiger partial charge < -0.3 is 14.7 Å². The third-order valence-electron chi connectivity index (χ3n) is 6.49. The normalized spacial score (nSPS) is 23.1. The van der Waals surface area contributed by atoms with E-state index >= 15 is 0 Å². The van der Waals surface area contributed by atoms with Crippen molar-refractivity contribution in [2.45, 2.75) is 25.9 Å². The predicted octanol–water partition coefficient (Wildman–Crippen LogP) is 0.548. The molecule has 1 amide bonds. The van der Waals surface area contributed by atoms with Gasteiger partial charge in [0.25, 0.3) is 0 Å². The lowest BCUT2D eigenvalue weighted by atomic mass is 9.94. The summed E-state index contributed by atoms with van der Waals surface area (Å²) < 4.78 is 13.1. The molecule has 0 spiro atoms. The maximum atomic E-state index is 13.1. The molecule has 2 saturated heterocycles. The molecule has 2 fully saturated rings. The van der Waals surface area contributed by atoms with Gasteiger partial charge in [0.1, 0.15) is 18.9 Å². The third-order valence-corrected chi connectivity index (χ3v) is 6.49. The molecule has 0 bridgehead atoms. The lowest BCUT2D eigenvalue weighted by Crippen LogP contribution is -3.13. The van der Waals surface area contributed by atoms with Crippen LogP contribution in [0.3, 0.4) is 0 Å². The first-order valence-electron chi connectivity index (χ1n) is 10.9. The minimum atomic E-state index is -0.182. The Kier molecular flexibility index (Phi) is 6.57. The van der Waals surface area contributed by atoms with E-state index in [-0.39, 0.29) is 11.7 Å². The third kappa shape index (κ3) is 5.43. The number of carbonyl (C=O) groups is 1. The zero-order chi connectivity index (χ0) is 20.1. The lowest BCUT2D eigenvalue weighted by molar-refractivity contribution is -0.919. The molecule has 29 heavy (non-hydrogen) atoms. The Morgan fingerprint density at radius 3 is 2.00 bits per heavy atom. The van der Waals surface area contributed by atoms with Crippen molar-refractivity contribution in [2.24, 2.45) is 5.92 Å². The van der Waals surface area contributed by atoms with Gasteiger partial charge in [-0.05, 0) is 12.1 Å². The van der Waals surface area contributed by atoms with Gasteiger partial charge in [-0.25, -0.2) is 4.39 Å². The van der Waals surface area contributed by atoms with Gasteiger partial charge in [0.2, 0.25) is 5.91 Å². The number of likely N-dealkylation sites (tertiary alicyclic amines) is 1. The maximum absolute atomic E-state index is 13.1. The quantitative estimate of drug-likeness (QED) is 0.758. The van der Waals surface area contributed by atoms with E-state index in [1.807, 2.05) is 12.1 Å². The zero-order valence-electron chi connectivity index (χ0n) is 17.1.